The lowest BCUT2D eigenvalue weighted by atomic mass is 10.0. The number of rotatable bonds is 10. The molecule has 0 bridgehead atoms. The number of hydrogen-bond acceptors (Lipinski definition) is 4. The van der Waals surface area contributed by atoms with Crippen molar-refractivity contribution in [2.24, 2.45) is 0 Å². The number of nitrogens with one attached hydrogen (secondary N) is 2. The minimum Gasteiger partial charge on any atom is -0.466 e. The Hall–Kier alpha value is -3.93. The summed E-state index contributed by atoms with van der Waals surface area (Å²) >= 11 is 0. The molecule has 6 heteroatoms. The van der Waals surface area contributed by atoms with Gasteiger partial charge in [-0.05, 0) is 30.2 Å². The second-order valence-corrected chi connectivity index (χ2v) is 7.55. The summed E-state index contributed by atoms with van der Waals surface area (Å²) in [6, 6.07) is 26.5. The average Bonchev–Trinajstić information content (AvgIpc) is 2.85. The van der Waals surface area contributed by atoms with E-state index in [9.17, 15) is 14.4 Å². The first-order valence-corrected chi connectivity index (χ1v) is 11.0. The summed E-state index contributed by atoms with van der Waals surface area (Å²) in [5, 5.41) is 5.91. The maximum atomic E-state index is 13.1. The van der Waals surface area contributed by atoms with Gasteiger partial charge in [0.15, 0.2) is 0 Å². The van der Waals surface area contributed by atoms with Crippen LogP contribution in [0.2, 0.25) is 0 Å². The number of esters is 1. The summed E-state index contributed by atoms with van der Waals surface area (Å²) in [4.78, 5) is 37.9. The third kappa shape index (κ3) is 7.31. The Labute approximate surface area is 194 Å². The number of carbonyl (C=O) groups excluding carboxylic acids is 3. The van der Waals surface area contributed by atoms with Crippen molar-refractivity contribution >= 4 is 17.8 Å². The maximum Gasteiger partial charge on any atom is 0.308 e. The van der Waals surface area contributed by atoms with Gasteiger partial charge in [-0.3, -0.25) is 14.4 Å². The fraction of sp³-hybridized carbons (Fsp3) is 0.222. The normalized spacial score (nSPS) is 12.3. The van der Waals surface area contributed by atoms with Gasteiger partial charge in [-0.1, -0.05) is 78.9 Å². The first kappa shape index (κ1) is 23.7. The Bertz CT molecular complexity index is 1040. The van der Waals surface area contributed by atoms with Crippen molar-refractivity contribution in [3.05, 3.63) is 108 Å². The van der Waals surface area contributed by atoms with E-state index in [2.05, 4.69) is 10.6 Å². The van der Waals surface area contributed by atoms with Crippen LogP contribution in [0.3, 0.4) is 0 Å². The molecule has 0 fully saturated rings. The molecule has 0 unspecified atom stereocenters. The fourth-order valence-corrected chi connectivity index (χ4v) is 3.53. The van der Waals surface area contributed by atoms with Gasteiger partial charge >= 0.3 is 5.97 Å². The molecule has 6 nitrogen and oxygen atoms in total. The van der Waals surface area contributed by atoms with Crippen molar-refractivity contribution in [1.29, 1.82) is 0 Å². The SMILES string of the molecule is CCOC(=O)C[C@H](NC(=O)C[C@H](NC(=O)c1ccccc1)c1ccccc1)c1ccccc1. The molecule has 0 saturated carbocycles. The first-order chi connectivity index (χ1) is 16.1. The molecule has 170 valence electrons. The van der Waals surface area contributed by atoms with E-state index >= 15 is 0 Å². The van der Waals surface area contributed by atoms with E-state index in [0.29, 0.717) is 5.56 Å². The molecule has 0 aliphatic rings. The molecular formula is C27H28N2O4. The third-order valence-corrected chi connectivity index (χ3v) is 5.15. The second kappa shape index (κ2) is 12.2. The van der Waals surface area contributed by atoms with Crippen LogP contribution in [0.4, 0.5) is 0 Å². The minimum atomic E-state index is -0.530. The Morgan fingerprint density at radius 2 is 1.18 bits per heavy atom. The molecule has 0 heterocycles. The van der Waals surface area contributed by atoms with Crippen LogP contribution in [0.1, 0.15) is 53.3 Å². The van der Waals surface area contributed by atoms with Crippen LogP contribution >= 0.6 is 0 Å². The molecular weight excluding hydrogens is 416 g/mol. The standard InChI is InChI=1S/C27H28N2O4/c1-2-33-26(31)19-24(21-14-8-4-9-15-21)28-25(30)18-23(20-12-6-3-7-13-20)29-27(32)22-16-10-5-11-17-22/h3-17,23-24H,2,18-19H2,1H3,(H,28,30)(H,29,32)/t23-,24-/m0/s1. The van der Waals surface area contributed by atoms with E-state index in [0.717, 1.165) is 11.1 Å². The summed E-state index contributed by atoms with van der Waals surface area (Å²) in [6.07, 6.45) is 0.0463. The van der Waals surface area contributed by atoms with E-state index < -0.39 is 12.1 Å². The largest absolute Gasteiger partial charge is 0.466 e. The molecule has 0 aliphatic carbocycles. The van der Waals surface area contributed by atoms with Crippen molar-refractivity contribution in [3.8, 4) is 0 Å². The summed E-state index contributed by atoms with van der Waals surface area (Å²) in [5.41, 5.74) is 2.14. The molecule has 0 aromatic heterocycles. The van der Waals surface area contributed by atoms with Gasteiger partial charge in [-0.2, -0.15) is 0 Å². The van der Waals surface area contributed by atoms with Gasteiger partial charge in [0.2, 0.25) is 5.91 Å². The van der Waals surface area contributed by atoms with Crippen molar-refractivity contribution < 1.29 is 19.1 Å². The van der Waals surface area contributed by atoms with Crippen molar-refractivity contribution in [2.75, 3.05) is 6.61 Å². The topological polar surface area (TPSA) is 84.5 Å². The molecule has 3 rings (SSSR count). The Morgan fingerprint density at radius 3 is 1.70 bits per heavy atom. The van der Waals surface area contributed by atoms with Crippen LogP contribution < -0.4 is 10.6 Å². The van der Waals surface area contributed by atoms with Gasteiger partial charge in [0.05, 0.1) is 31.5 Å². The number of hydrogen-bond donors (Lipinski definition) is 2. The number of ether oxygens (including phenoxy) is 1. The van der Waals surface area contributed by atoms with Crippen molar-refractivity contribution in [2.45, 2.75) is 31.8 Å². The van der Waals surface area contributed by atoms with Crippen molar-refractivity contribution in [1.82, 2.24) is 10.6 Å². The predicted molar refractivity (Wildman–Crippen MR) is 126 cm³/mol. The van der Waals surface area contributed by atoms with Gasteiger partial charge in [0.1, 0.15) is 0 Å². The van der Waals surface area contributed by atoms with E-state index in [1.54, 1.807) is 31.2 Å². The zero-order chi connectivity index (χ0) is 23.5. The van der Waals surface area contributed by atoms with Gasteiger partial charge in [0, 0.05) is 5.56 Å². The maximum absolute atomic E-state index is 13.1. The summed E-state index contributed by atoms with van der Waals surface area (Å²) < 4.78 is 5.08. The van der Waals surface area contributed by atoms with Crippen LogP contribution in [0.15, 0.2) is 91.0 Å². The highest BCUT2D eigenvalue weighted by Crippen LogP contribution is 2.21. The molecule has 0 saturated heterocycles. The lowest BCUT2D eigenvalue weighted by Gasteiger charge is -2.22. The zero-order valence-electron chi connectivity index (χ0n) is 18.6. The lowest BCUT2D eigenvalue weighted by Crippen LogP contribution is -2.36. The quantitative estimate of drug-likeness (QED) is 0.455. The minimum absolute atomic E-state index is 0.0226. The molecule has 0 aliphatic heterocycles. The van der Waals surface area contributed by atoms with E-state index in [1.807, 2.05) is 66.7 Å². The highest BCUT2D eigenvalue weighted by Gasteiger charge is 2.23. The fourth-order valence-electron chi connectivity index (χ4n) is 3.53. The van der Waals surface area contributed by atoms with Gasteiger partial charge in [0.25, 0.3) is 5.91 Å². The van der Waals surface area contributed by atoms with Crippen molar-refractivity contribution in [3.63, 3.8) is 0 Å². The number of amides is 2. The van der Waals surface area contributed by atoms with E-state index in [1.165, 1.54) is 0 Å². The first-order valence-electron chi connectivity index (χ1n) is 11.0. The highest BCUT2D eigenvalue weighted by atomic mass is 16.5. The summed E-state index contributed by atoms with van der Waals surface area (Å²) in [5.74, 6) is -0.928. The smallest absolute Gasteiger partial charge is 0.308 e. The second-order valence-electron chi connectivity index (χ2n) is 7.55. The highest BCUT2D eigenvalue weighted by molar-refractivity contribution is 5.94. The van der Waals surface area contributed by atoms with Crippen LogP contribution in [0, 0.1) is 0 Å². The average molecular weight is 445 g/mol. The lowest BCUT2D eigenvalue weighted by molar-refractivity contribution is -0.143. The molecule has 2 amide bonds. The van der Waals surface area contributed by atoms with Crippen LogP contribution in [-0.2, 0) is 14.3 Å². The monoisotopic (exact) mass is 444 g/mol. The Morgan fingerprint density at radius 1 is 0.697 bits per heavy atom. The van der Waals surface area contributed by atoms with Crippen LogP contribution in [0.25, 0.3) is 0 Å². The molecule has 33 heavy (non-hydrogen) atoms. The third-order valence-electron chi connectivity index (χ3n) is 5.15. The van der Waals surface area contributed by atoms with Crippen LogP contribution in [0.5, 0.6) is 0 Å². The summed E-state index contributed by atoms with van der Waals surface area (Å²) in [7, 11) is 0. The molecule has 2 N–H and O–H groups in total. The Balaban J connectivity index is 1.75. The molecule has 3 aromatic rings. The zero-order valence-corrected chi connectivity index (χ0v) is 18.6. The van der Waals surface area contributed by atoms with E-state index in [-0.39, 0.29) is 37.2 Å². The van der Waals surface area contributed by atoms with Gasteiger partial charge in [-0.15, -0.1) is 0 Å². The molecule has 0 radical (unpaired) electrons. The summed E-state index contributed by atoms with van der Waals surface area (Å²) in [6.45, 7) is 2.02. The van der Waals surface area contributed by atoms with Gasteiger partial charge in [-0.25, -0.2) is 0 Å². The molecule has 2 atom stereocenters. The Kier molecular flexibility index (Phi) is 8.77. The number of carbonyl (C=O) groups is 3. The van der Waals surface area contributed by atoms with Crippen LogP contribution in [-0.4, -0.2) is 24.4 Å². The van der Waals surface area contributed by atoms with E-state index in [4.69, 9.17) is 4.74 Å². The molecule has 3 aromatic carbocycles. The van der Waals surface area contributed by atoms with Gasteiger partial charge < -0.3 is 15.4 Å². The molecule has 0 spiro atoms. The predicted octanol–water partition coefficient (Wildman–Crippen LogP) is 4.36. The number of benzene rings is 3.